The first-order valence-corrected chi connectivity index (χ1v) is 7.17. The van der Waals surface area contributed by atoms with Gasteiger partial charge in [0.05, 0.1) is 17.9 Å². The molecule has 0 radical (unpaired) electrons. The minimum Gasteiger partial charge on any atom is -0.372 e. The fourth-order valence-electron chi connectivity index (χ4n) is 2.52. The number of ether oxygens (including phenoxy) is 1. The van der Waals surface area contributed by atoms with Crippen LogP contribution in [-0.4, -0.2) is 41.5 Å². The molecule has 19 heavy (non-hydrogen) atoms. The molecule has 1 N–H and O–H groups in total. The Hall–Kier alpha value is -1.20. The lowest BCUT2D eigenvalue weighted by Crippen LogP contribution is -2.45. The van der Waals surface area contributed by atoms with Gasteiger partial charge in [0.2, 0.25) is 0 Å². The van der Waals surface area contributed by atoms with Crippen molar-refractivity contribution in [2.45, 2.75) is 51.5 Å². The van der Waals surface area contributed by atoms with Crippen LogP contribution in [0.2, 0.25) is 0 Å². The Labute approximate surface area is 114 Å². The van der Waals surface area contributed by atoms with Gasteiger partial charge in [-0.2, -0.15) is 5.10 Å². The Morgan fingerprint density at radius 1 is 1.21 bits per heavy atom. The average molecular weight is 262 g/mol. The second-order valence-corrected chi connectivity index (χ2v) is 5.70. The van der Waals surface area contributed by atoms with Crippen LogP contribution in [0.3, 0.4) is 0 Å². The Kier molecular flexibility index (Phi) is 3.66. The molecule has 0 spiro atoms. The maximum Gasteiger partial charge on any atom is 0.151 e. The van der Waals surface area contributed by atoms with Crippen LogP contribution in [0, 0.1) is 0 Å². The van der Waals surface area contributed by atoms with E-state index in [2.05, 4.69) is 46.4 Å². The number of nitrogens with one attached hydrogen (secondary N) is 1. The Bertz CT molecular complexity index is 408. The summed E-state index contributed by atoms with van der Waals surface area (Å²) in [5, 5.41) is 12.1. The lowest BCUT2D eigenvalue weighted by molar-refractivity contribution is -0.00550. The van der Waals surface area contributed by atoms with Crippen molar-refractivity contribution in [1.82, 2.24) is 15.5 Å². The highest BCUT2D eigenvalue weighted by molar-refractivity contribution is 5.38. The van der Waals surface area contributed by atoms with E-state index in [1.54, 1.807) is 0 Å². The molecule has 2 aliphatic rings. The predicted molar refractivity (Wildman–Crippen MR) is 74.1 cm³/mol. The summed E-state index contributed by atoms with van der Waals surface area (Å²) in [6.45, 7) is 6.80. The first-order chi connectivity index (χ1) is 9.20. The molecule has 0 aromatic carbocycles. The third-order valence-electron chi connectivity index (χ3n) is 3.60. The normalized spacial score (nSPS) is 27.6. The molecule has 1 saturated heterocycles. The summed E-state index contributed by atoms with van der Waals surface area (Å²) < 4.78 is 5.73. The van der Waals surface area contributed by atoms with Gasteiger partial charge in [0.1, 0.15) is 0 Å². The van der Waals surface area contributed by atoms with Crippen LogP contribution in [0.25, 0.3) is 0 Å². The van der Waals surface area contributed by atoms with Gasteiger partial charge >= 0.3 is 0 Å². The summed E-state index contributed by atoms with van der Waals surface area (Å²) in [6, 6.07) is 4.85. The first kappa shape index (κ1) is 12.8. The SMILES string of the molecule is CC1CN(c2ccc(CNC3CC3)nn2)CC(C)O1. The topological polar surface area (TPSA) is 50.3 Å². The van der Waals surface area contributed by atoms with Gasteiger partial charge in [-0.05, 0) is 38.8 Å². The molecule has 2 atom stereocenters. The third-order valence-corrected chi connectivity index (χ3v) is 3.60. The molecule has 0 amide bonds. The van der Waals surface area contributed by atoms with E-state index < -0.39 is 0 Å². The molecule has 2 unspecified atom stereocenters. The molecular weight excluding hydrogens is 240 g/mol. The van der Waals surface area contributed by atoms with Gasteiger partial charge in [0, 0.05) is 25.7 Å². The van der Waals surface area contributed by atoms with Crippen LogP contribution in [0.15, 0.2) is 12.1 Å². The quantitative estimate of drug-likeness (QED) is 0.887. The van der Waals surface area contributed by atoms with Gasteiger partial charge in [-0.25, -0.2) is 0 Å². The second kappa shape index (κ2) is 5.43. The van der Waals surface area contributed by atoms with E-state index in [1.165, 1.54) is 12.8 Å². The van der Waals surface area contributed by atoms with E-state index >= 15 is 0 Å². The van der Waals surface area contributed by atoms with E-state index in [9.17, 15) is 0 Å². The van der Waals surface area contributed by atoms with E-state index in [0.29, 0.717) is 6.04 Å². The van der Waals surface area contributed by atoms with Gasteiger partial charge in [0.15, 0.2) is 5.82 Å². The summed E-state index contributed by atoms with van der Waals surface area (Å²) in [5.74, 6) is 0.956. The summed E-state index contributed by atoms with van der Waals surface area (Å²) in [5.41, 5.74) is 1.02. The number of hydrogen-bond donors (Lipinski definition) is 1. The molecule has 2 heterocycles. The molecule has 2 fully saturated rings. The number of anilines is 1. The zero-order valence-electron chi connectivity index (χ0n) is 11.7. The first-order valence-electron chi connectivity index (χ1n) is 7.17. The van der Waals surface area contributed by atoms with Crippen molar-refractivity contribution in [3.8, 4) is 0 Å². The number of aromatic nitrogens is 2. The van der Waals surface area contributed by atoms with Gasteiger partial charge in [-0.15, -0.1) is 5.10 Å². The van der Waals surface area contributed by atoms with Gasteiger partial charge in [0.25, 0.3) is 0 Å². The van der Waals surface area contributed by atoms with Gasteiger partial charge < -0.3 is 15.0 Å². The van der Waals surface area contributed by atoms with Crippen LogP contribution in [0.4, 0.5) is 5.82 Å². The standard InChI is InChI=1S/C14H22N4O/c1-10-8-18(9-11(2)19-10)14-6-5-13(16-17-14)7-15-12-3-4-12/h5-6,10-12,15H,3-4,7-9H2,1-2H3. The van der Waals surface area contributed by atoms with E-state index in [1.807, 2.05) is 0 Å². The van der Waals surface area contributed by atoms with Crippen molar-refractivity contribution >= 4 is 5.82 Å². The highest BCUT2D eigenvalue weighted by Gasteiger charge is 2.23. The predicted octanol–water partition coefficient (Wildman–Crippen LogP) is 1.34. The molecule has 1 aliphatic heterocycles. The fourth-order valence-corrected chi connectivity index (χ4v) is 2.52. The molecule has 3 rings (SSSR count). The van der Waals surface area contributed by atoms with Crippen molar-refractivity contribution in [3.63, 3.8) is 0 Å². The van der Waals surface area contributed by atoms with Gasteiger partial charge in [-0.1, -0.05) is 0 Å². The molecule has 5 nitrogen and oxygen atoms in total. The molecule has 5 heteroatoms. The Morgan fingerprint density at radius 3 is 2.53 bits per heavy atom. The minimum absolute atomic E-state index is 0.252. The van der Waals surface area contributed by atoms with Crippen LogP contribution in [0.1, 0.15) is 32.4 Å². The largest absolute Gasteiger partial charge is 0.372 e. The fraction of sp³-hybridized carbons (Fsp3) is 0.714. The second-order valence-electron chi connectivity index (χ2n) is 5.70. The molecule has 104 valence electrons. The minimum atomic E-state index is 0.252. The van der Waals surface area contributed by atoms with Crippen molar-refractivity contribution in [3.05, 3.63) is 17.8 Å². The molecule has 1 aliphatic carbocycles. The number of hydrogen-bond acceptors (Lipinski definition) is 5. The summed E-state index contributed by atoms with van der Waals surface area (Å²) in [7, 11) is 0. The molecular formula is C14H22N4O. The van der Waals surface area contributed by atoms with E-state index in [0.717, 1.165) is 31.1 Å². The van der Waals surface area contributed by atoms with E-state index in [-0.39, 0.29) is 12.2 Å². The van der Waals surface area contributed by atoms with E-state index in [4.69, 9.17) is 4.74 Å². The summed E-state index contributed by atoms with van der Waals surface area (Å²) in [6.07, 6.45) is 3.10. The molecule has 1 aromatic heterocycles. The van der Waals surface area contributed by atoms with Crippen molar-refractivity contribution < 1.29 is 4.74 Å². The maximum atomic E-state index is 5.73. The third kappa shape index (κ3) is 3.42. The maximum absolute atomic E-state index is 5.73. The van der Waals surface area contributed by atoms with Crippen molar-refractivity contribution in [2.75, 3.05) is 18.0 Å². The number of rotatable bonds is 4. The van der Waals surface area contributed by atoms with Crippen LogP contribution >= 0.6 is 0 Å². The summed E-state index contributed by atoms with van der Waals surface area (Å²) >= 11 is 0. The van der Waals surface area contributed by atoms with Gasteiger partial charge in [-0.3, -0.25) is 0 Å². The zero-order chi connectivity index (χ0) is 13.2. The van der Waals surface area contributed by atoms with Crippen LogP contribution < -0.4 is 10.2 Å². The molecule has 0 bridgehead atoms. The Morgan fingerprint density at radius 2 is 1.95 bits per heavy atom. The number of nitrogens with zero attached hydrogens (tertiary/aromatic N) is 3. The zero-order valence-corrected chi connectivity index (χ0v) is 11.7. The lowest BCUT2D eigenvalue weighted by Gasteiger charge is -2.35. The highest BCUT2D eigenvalue weighted by Crippen LogP contribution is 2.20. The smallest absolute Gasteiger partial charge is 0.151 e. The lowest BCUT2D eigenvalue weighted by atomic mass is 10.2. The van der Waals surface area contributed by atoms with Crippen LogP contribution in [0.5, 0.6) is 0 Å². The monoisotopic (exact) mass is 262 g/mol. The number of morpholine rings is 1. The molecule has 1 aromatic rings. The Balaban J connectivity index is 1.60. The highest BCUT2D eigenvalue weighted by atomic mass is 16.5. The van der Waals surface area contributed by atoms with Crippen molar-refractivity contribution in [2.24, 2.45) is 0 Å². The van der Waals surface area contributed by atoms with Crippen LogP contribution in [-0.2, 0) is 11.3 Å². The summed E-state index contributed by atoms with van der Waals surface area (Å²) in [4.78, 5) is 2.25. The molecule has 1 saturated carbocycles. The average Bonchev–Trinajstić information content (AvgIpc) is 3.20. The van der Waals surface area contributed by atoms with Crippen molar-refractivity contribution in [1.29, 1.82) is 0 Å².